The van der Waals surface area contributed by atoms with Crippen LogP contribution in [0.1, 0.15) is 32.4 Å². The summed E-state index contributed by atoms with van der Waals surface area (Å²) in [7, 11) is 1.66. The molecule has 0 aliphatic carbocycles. The number of halogens is 1. The molecule has 1 aromatic carbocycles. The smallest absolute Gasteiger partial charge is 0.146 e. The Morgan fingerprint density at radius 3 is 2.68 bits per heavy atom. The van der Waals surface area contributed by atoms with Crippen LogP contribution < -0.4 is 10.2 Å². The van der Waals surface area contributed by atoms with E-state index < -0.39 is 0 Å². The van der Waals surface area contributed by atoms with Gasteiger partial charge in [0.05, 0.1) is 12.3 Å². The largest absolute Gasteiger partial charge is 0.383 e. The molecule has 1 aromatic rings. The Morgan fingerprint density at radius 2 is 2.11 bits per heavy atom. The Bertz CT molecular complexity index is 384. The van der Waals surface area contributed by atoms with Gasteiger partial charge in [0.1, 0.15) is 5.82 Å². The molecule has 0 aliphatic heterocycles. The molecule has 4 heteroatoms. The highest BCUT2D eigenvalue weighted by molar-refractivity contribution is 5.56. The number of hydrogen-bond acceptors (Lipinski definition) is 3. The molecule has 108 valence electrons. The molecular formula is C15H25FN2O. The zero-order chi connectivity index (χ0) is 14.3. The van der Waals surface area contributed by atoms with E-state index in [0.29, 0.717) is 18.8 Å². The number of hydrogen-bond donors (Lipinski definition) is 1. The zero-order valence-corrected chi connectivity index (χ0v) is 12.4. The summed E-state index contributed by atoms with van der Waals surface area (Å²) in [5, 5.41) is 3.34. The Labute approximate surface area is 115 Å². The van der Waals surface area contributed by atoms with Crippen LogP contribution in [0.4, 0.5) is 10.1 Å². The molecule has 1 N–H and O–H groups in total. The van der Waals surface area contributed by atoms with Crippen molar-refractivity contribution in [3.8, 4) is 0 Å². The van der Waals surface area contributed by atoms with Gasteiger partial charge in [0, 0.05) is 26.2 Å². The van der Waals surface area contributed by atoms with Crippen molar-refractivity contribution in [3.05, 3.63) is 29.6 Å². The van der Waals surface area contributed by atoms with E-state index in [1.807, 2.05) is 17.9 Å². The van der Waals surface area contributed by atoms with Gasteiger partial charge in [-0.15, -0.1) is 0 Å². The highest BCUT2D eigenvalue weighted by atomic mass is 19.1. The van der Waals surface area contributed by atoms with Crippen molar-refractivity contribution >= 4 is 5.69 Å². The van der Waals surface area contributed by atoms with E-state index in [1.165, 1.54) is 6.07 Å². The van der Waals surface area contributed by atoms with E-state index in [4.69, 9.17) is 4.74 Å². The van der Waals surface area contributed by atoms with E-state index in [9.17, 15) is 4.39 Å². The Morgan fingerprint density at radius 1 is 1.37 bits per heavy atom. The number of methoxy groups -OCH3 is 1. The highest BCUT2D eigenvalue weighted by Gasteiger charge is 2.18. The minimum atomic E-state index is -0.166. The summed E-state index contributed by atoms with van der Waals surface area (Å²) in [5.41, 5.74) is 1.69. The third kappa shape index (κ3) is 4.18. The normalized spacial score (nSPS) is 12.5. The second-order valence-corrected chi connectivity index (χ2v) is 4.53. The summed E-state index contributed by atoms with van der Waals surface area (Å²) in [5.74, 6) is -0.166. The molecule has 0 aliphatic rings. The minimum Gasteiger partial charge on any atom is -0.383 e. The van der Waals surface area contributed by atoms with Crippen LogP contribution in [0.5, 0.6) is 0 Å². The molecule has 0 saturated heterocycles. The van der Waals surface area contributed by atoms with E-state index >= 15 is 0 Å². The molecule has 0 saturated carbocycles. The quantitative estimate of drug-likeness (QED) is 0.784. The molecule has 0 bridgehead atoms. The Balaban J connectivity index is 3.07. The number of anilines is 1. The van der Waals surface area contributed by atoms with Crippen molar-refractivity contribution in [2.45, 2.75) is 26.8 Å². The fraction of sp³-hybridized carbons (Fsp3) is 0.600. The summed E-state index contributed by atoms with van der Waals surface area (Å²) < 4.78 is 19.3. The highest BCUT2D eigenvalue weighted by Crippen LogP contribution is 2.29. The third-order valence-corrected chi connectivity index (χ3v) is 3.26. The van der Waals surface area contributed by atoms with Gasteiger partial charge in [0.25, 0.3) is 0 Å². The summed E-state index contributed by atoms with van der Waals surface area (Å²) in [6.45, 7) is 9.06. The topological polar surface area (TPSA) is 24.5 Å². The van der Waals surface area contributed by atoms with Crippen LogP contribution in [0.25, 0.3) is 0 Å². The Hall–Kier alpha value is -1.13. The Kier molecular flexibility index (Phi) is 6.81. The second-order valence-electron chi connectivity index (χ2n) is 4.53. The molecule has 0 amide bonds. The van der Waals surface area contributed by atoms with E-state index in [2.05, 4.69) is 19.2 Å². The van der Waals surface area contributed by atoms with Crippen molar-refractivity contribution in [2.75, 3.05) is 38.3 Å². The van der Waals surface area contributed by atoms with Crippen LogP contribution in [0, 0.1) is 5.82 Å². The standard InChI is InChI=1S/C15H25FN2O/c1-5-17-12(3)13-8-7-9-14(16)15(13)18(6-2)10-11-19-4/h7-9,12,17H,5-6,10-11H2,1-4H3. The molecule has 19 heavy (non-hydrogen) atoms. The number of benzene rings is 1. The van der Waals surface area contributed by atoms with Gasteiger partial charge in [0.2, 0.25) is 0 Å². The molecule has 0 spiro atoms. The summed E-state index contributed by atoms with van der Waals surface area (Å²) >= 11 is 0. The van der Waals surface area contributed by atoms with E-state index in [-0.39, 0.29) is 11.9 Å². The van der Waals surface area contributed by atoms with Crippen molar-refractivity contribution in [2.24, 2.45) is 0 Å². The lowest BCUT2D eigenvalue weighted by Gasteiger charge is -2.28. The van der Waals surface area contributed by atoms with Crippen LogP contribution in [-0.4, -0.2) is 33.4 Å². The maximum Gasteiger partial charge on any atom is 0.146 e. The van der Waals surface area contributed by atoms with Gasteiger partial charge in [-0.05, 0) is 32.0 Å². The molecular weight excluding hydrogens is 243 g/mol. The summed E-state index contributed by atoms with van der Waals surface area (Å²) in [6, 6.07) is 5.41. The number of para-hydroxylation sites is 1. The molecule has 3 nitrogen and oxygen atoms in total. The average Bonchev–Trinajstić information content (AvgIpc) is 2.41. The predicted molar refractivity (Wildman–Crippen MR) is 78.3 cm³/mol. The second kappa shape index (κ2) is 8.12. The predicted octanol–water partition coefficient (Wildman–Crippen LogP) is 2.97. The lowest BCUT2D eigenvalue weighted by molar-refractivity contribution is 0.205. The maximum atomic E-state index is 14.2. The van der Waals surface area contributed by atoms with Crippen LogP contribution in [0.3, 0.4) is 0 Å². The molecule has 1 unspecified atom stereocenters. The lowest BCUT2D eigenvalue weighted by Crippen LogP contribution is -2.30. The minimum absolute atomic E-state index is 0.132. The number of nitrogens with one attached hydrogen (secondary N) is 1. The number of ether oxygens (including phenoxy) is 1. The van der Waals surface area contributed by atoms with Gasteiger partial charge < -0.3 is 15.0 Å². The van der Waals surface area contributed by atoms with Crippen LogP contribution >= 0.6 is 0 Å². The summed E-state index contributed by atoms with van der Waals surface area (Å²) in [6.07, 6.45) is 0. The number of rotatable bonds is 8. The number of nitrogens with zero attached hydrogens (tertiary/aromatic N) is 1. The average molecular weight is 268 g/mol. The van der Waals surface area contributed by atoms with Crippen LogP contribution in [-0.2, 0) is 4.74 Å². The van der Waals surface area contributed by atoms with Crippen LogP contribution in [0.15, 0.2) is 18.2 Å². The summed E-state index contributed by atoms with van der Waals surface area (Å²) in [4.78, 5) is 2.03. The van der Waals surface area contributed by atoms with E-state index in [0.717, 1.165) is 18.7 Å². The van der Waals surface area contributed by atoms with Crippen molar-refractivity contribution in [1.29, 1.82) is 0 Å². The van der Waals surface area contributed by atoms with Gasteiger partial charge in [-0.25, -0.2) is 4.39 Å². The molecule has 1 atom stereocenters. The van der Waals surface area contributed by atoms with Gasteiger partial charge in [-0.1, -0.05) is 19.1 Å². The molecule has 0 radical (unpaired) electrons. The van der Waals surface area contributed by atoms with Gasteiger partial charge in [-0.2, -0.15) is 0 Å². The third-order valence-electron chi connectivity index (χ3n) is 3.26. The monoisotopic (exact) mass is 268 g/mol. The fourth-order valence-corrected chi connectivity index (χ4v) is 2.26. The van der Waals surface area contributed by atoms with E-state index in [1.54, 1.807) is 13.2 Å². The number of likely N-dealkylation sites (N-methyl/N-ethyl adjacent to an activating group) is 1. The van der Waals surface area contributed by atoms with Crippen molar-refractivity contribution < 1.29 is 9.13 Å². The fourth-order valence-electron chi connectivity index (χ4n) is 2.26. The molecule has 0 fully saturated rings. The zero-order valence-electron chi connectivity index (χ0n) is 12.4. The van der Waals surface area contributed by atoms with Gasteiger partial charge in [-0.3, -0.25) is 0 Å². The van der Waals surface area contributed by atoms with Gasteiger partial charge in [0.15, 0.2) is 0 Å². The van der Waals surface area contributed by atoms with Crippen molar-refractivity contribution in [1.82, 2.24) is 5.32 Å². The molecule has 0 aromatic heterocycles. The first-order chi connectivity index (χ1) is 9.15. The molecule has 0 heterocycles. The van der Waals surface area contributed by atoms with Crippen molar-refractivity contribution in [3.63, 3.8) is 0 Å². The maximum absolute atomic E-state index is 14.2. The van der Waals surface area contributed by atoms with Crippen LogP contribution in [0.2, 0.25) is 0 Å². The lowest BCUT2D eigenvalue weighted by atomic mass is 10.0. The van der Waals surface area contributed by atoms with Gasteiger partial charge >= 0.3 is 0 Å². The molecule has 1 rings (SSSR count). The SMILES string of the molecule is CCNC(C)c1cccc(F)c1N(CC)CCOC. The first-order valence-electron chi connectivity index (χ1n) is 6.91. The first-order valence-corrected chi connectivity index (χ1v) is 6.91. The first kappa shape index (κ1) is 15.9.